The Morgan fingerprint density at radius 1 is 1.29 bits per heavy atom. The zero-order chi connectivity index (χ0) is 15.9. The molecule has 2 N–H and O–H groups in total. The maximum Gasteiger partial charge on any atom is 0.490 e. The molecule has 1 aliphatic rings. The molecule has 8 heteroatoms. The molecule has 118 valence electrons. The van der Waals surface area contributed by atoms with E-state index in [-0.39, 0.29) is 0 Å². The average Bonchev–Trinajstić information content (AvgIpc) is 2.42. The summed E-state index contributed by atoms with van der Waals surface area (Å²) in [7, 11) is 0. The second-order valence-corrected chi connectivity index (χ2v) is 5.27. The van der Waals surface area contributed by atoms with Gasteiger partial charge in [-0.25, -0.2) is 4.79 Å². The van der Waals surface area contributed by atoms with Crippen molar-refractivity contribution in [2.45, 2.75) is 12.7 Å². The standard InChI is InChI=1S/C11H15BrN2.C2HF3O2/c12-11-4-2-1-3-10(11)9-14-7-5-13-6-8-14;3-2(4,5)1(6)7/h1-4,13H,5-9H2;(H,6,7). The largest absolute Gasteiger partial charge is 0.490 e. The lowest BCUT2D eigenvalue weighted by Gasteiger charge is -2.27. The van der Waals surface area contributed by atoms with E-state index in [9.17, 15) is 13.2 Å². The molecule has 0 saturated carbocycles. The Bertz CT molecular complexity index is 463. The normalized spacial score (nSPS) is 16.0. The summed E-state index contributed by atoms with van der Waals surface area (Å²) in [5, 5.41) is 10.5. The number of halogens is 4. The third-order valence-corrected chi connectivity index (χ3v) is 3.58. The van der Waals surface area contributed by atoms with E-state index in [4.69, 9.17) is 9.90 Å². The maximum absolute atomic E-state index is 10.6. The highest BCUT2D eigenvalue weighted by molar-refractivity contribution is 9.10. The summed E-state index contributed by atoms with van der Waals surface area (Å²) in [4.78, 5) is 11.4. The summed E-state index contributed by atoms with van der Waals surface area (Å²) in [6.07, 6.45) is -5.08. The minimum atomic E-state index is -5.08. The van der Waals surface area contributed by atoms with Gasteiger partial charge in [0.2, 0.25) is 0 Å². The molecule has 1 aromatic carbocycles. The SMILES string of the molecule is Brc1ccccc1CN1CCNCC1.O=C(O)C(F)(F)F. The molecule has 0 bridgehead atoms. The first-order valence-corrected chi connectivity index (χ1v) is 7.06. The van der Waals surface area contributed by atoms with E-state index in [1.165, 1.54) is 10.0 Å². The number of hydrogen-bond donors (Lipinski definition) is 2. The number of nitrogens with zero attached hydrogens (tertiary/aromatic N) is 1. The monoisotopic (exact) mass is 368 g/mol. The lowest BCUT2D eigenvalue weighted by molar-refractivity contribution is -0.192. The first-order valence-electron chi connectivity index (χ1n) is 6.27. The highest BCUT2D eigenvalue weighted by Gasteiger charge is 2.38. The molecule has 4 nitrogen and oxygen atoms in total. The minimum absolute atomic E-state index is 1.06. The summed E-state index contributed by atoms with van der Waals surface area (Å²) in [5.41, 5.74) is 1.38. The Morgan fingerprint density at radius 2 is 1.81 bits per heavy atom. The van der Waals surface area contributed by atoms with Crippen LogP contribution in [0.1, 0.15) is 5.56 Å². The van der Waals surface area contributed by atoms with Crippen molar-refractivity contribution in [1.82, 2.24) is 10.2 Å². The van der Waals surface area contributed by atoms with Gasteiger partial charge in [0.05, 0.1) is 0 Å². The van der Waals surface area contributed by atoms with Gasteiger partial charge in [0.1, 0.15) is 0 Å². The minimum Gasteiger partial charge on any atom is -0.475 e. The van der Waals surface area contributed by atoms with Crippen molar-refractivity contribution in [1.29, 1.82) is 0 Å². The predicted octanol–water partition coefficient (Wildman–Crippen LogP) is 2.49. The molecule has 1 aromatic rings. The number of alkyl halides is 3. The van der Waals surface area contributed by atoms with Gasteiger partial charge in [-0.2, -0.15) is 13.2 Å². The number of aliphatic carboxylic acids is 1. The van der Waals surface area contributed by atoms with Crippen LogP contribution in [0.15, 0.2) is 28.7 Å². The molecule has 1 aliphatic heterocycles. The van der Waals surface area contributed by atoms with Gasteiger partial charge in [-0.3, -0.25) is 4.90 Å². The van der Waals surface area contributed by atoms with E-state index in [1.54, 1.807) is 0 Å². The van der Waals surface area contributed by atoms with E-state index >= 15 is 0 Å². The van der Waals surface area contributed by atoms with Crippen LogP contribution >= 0.6 is 15.9 Å². The molecule has 0 aromatic heterocycles. The van der Waals surface area contributed by atoms with Gasteiger partial charge in [0.25, 0.3) is 0 Å². The number of carbonyl (C=O) groups is 1. The Labute approximate surface area is 129 Å². The van der Waals surface area contributed by atoms with Crippen molar-refractivity contribution in [3.8, 4) is 0 Å². The highest BCUT2D eigenvalue weighted by Crippen LogP contribution is 2.17. The molecule has 21 heavy (non-hydrogen) atoms. The van der Waals surface area contributed by atoms with Crippen molar-refractivity contribution >= 4 is 21.9 Å². The average molecular weight is 369 g/mol. The Morgan fingerprint density at radius 3 is 2.29 bits per heavy atom. The van der Waals surface area contributed by atoms with Crippen LogP contribution in [0.5, 0.6) is 0 Å². The fourth-order valence-electron chi connectivity index (χ4n) is 1.74. The summed E-state index contributed by atoms with van der Waals surface area (Å²) < 4.78 is 33.0. The predicted molar refractivity (Wildman–Crippen MR) is 76.0 cm³/mol. The molecule has 0 unspecified atom stereocenters. The molecule has 1 saturated heterocycles. The van der Waals surface area contributed by atoms with Crippen LogP contribution in [0, 0.1) is 0 Å². The van der Waals surface area contributed by atoms with E-state index in [1.807, 2.05) is 0 Å². The number of nitrogens with one attached hydrogen (secondary N) is 1. The Balaban J connectivity index is 0.000000270. The molecular formula is C13H16BrF3N2O2. The second kappa shape index (κ2) is 8.35. The molecule has 0 spiro atoms. The third-order valence-electron chi connectivity index (χ3n) is 2.80. The van der Waals surface area contributed by atoms with Crippen LogP contribution in [-0.4, -0.2) is 48.3 Å². The summed E-state index contributed by atoms with van der Waals surface area (Å²) in [6.45, 7) is 5.60. The van der Waals surface area contributed by atoms with Crippen molar-refractivity contribution in [3.63, 3.8) is 0 Å². The smallest absolute Gasteiger partial charge is 0.475 e. The van der Waals surface area contributed by atoms with Crippen molar-refractivity contribution in [2.24, 2.45) is 0 Å². The van der Waals surface area contributed by atoms with Gasteiger partial charge in [-0.15, -0.1) is 0 Å². The lowest BCUT2D eigenvalue weighted by Crippen LogP contribution is -2.42. The number of carboxylic acid groups (broad SMARTS) is 1. The highest BCUT2D eigenvalue weighted by atomic mass is 79.9. The summed E-state index contributed by atoms with van der Waals surface area (Å²) in [6, 6.07) is 8.46. The molecule has 0 amide bonds. The fourth-order valence-corrected chi connectivity index (χ4v) is 2.15. The number of carboxylic acids is 1. The van der Waals surface area contributed by atoms with E-state index in [0.29, 0.717) is 0 Å². The van der Waals surface area contributed by atoms with Crippen LogP contribution in [0.4, 0.5) is 13.2 Å². The van der Waals surface area contributed by atoms with Crippen LogP contribution in [0.25, 0.3) is 0 Å². The lowest BCUT2D eigenvalue weighted by atomic mass is 10.2. The maximum atomic E-state index is 10.6. The Kier molecular flexibility index (Phi) is 7.13. The first kappa shape index (κ1) is 17.9. The van der Waals surface area contributed by atoms with Crippen molar-refractivity contribution < 1.29 is 23.1 Å². The van der Waals surface area contributed by atoms with Crippen LogP contribution in [0.2, 0.25) is 0 Å². The zero-order valence-corrected chi connectivity index (χ0v) is 12.7. The van der Waals surface area contributed by atoms with Crippen LogP contribution in [0.3, 0.4) is 0 Å². The first-order chi connectivity index (χ1) is 9.80. The summed E-state index contributed by atoms with van der Waals surface area (Å²) in [5.74, 6) is -2.76. The van der Waals surface area contributed by atoms with Crippen LogP contribution < -0.4 is 5.32 Å². The second-order valence-electron chi connectivity index (χ2n) is 4.42. The molecule has 0 radical (unpaired) electrons. The molecule has 2 rings (SSSR count). The quantitative estimate of drug-likeness (QED) is 0.841. The van der Waals surface area contributed by atoms with Gasteiger partial charge in [0, 0.05) is 37.2 Å². The molecular weight excluding hydrogens is 353 g/mol. The van der Waals surface area contributed by atoms with Gasteiger partial charge in [0.15, 0.2) is 0 Å². The fraction of sp³-hybridized carbons (Fsp3) is 0.462. The summed E-state index contributed by atoms with van der Waals surface area (Å²) >= 11 is 3.58. The van der Waals surface area contributed by atoms with Gasteiger partial charge >= 0.3 is 12.1 Å². The molecule has 1 heterocycles. The number of rotatable bonds is 2. The van der Waals surface area contributed by atoms with Gasteiger partial charge in [-0.05, 0) is 11.6 Å². The topological polar surface area (TPSA) is 52.6 Å². The van der Waals surface area contributed by atoms with Gasteiger partial charge in [-0.1, -0.05) is 34.1 Å². The molecule has 0 aliphatic carbocycles. The molecule has 0 atom stereocenters. The van der Waals surface area contributed by atoms with E-state index in [2.05, 4.69) is 50.4 Å². The van der Waals surface area contributed by atoms with Gasteiger partial charge < -0.3 is 10.4 Å². The van der Waals surface area contributed by atoms with Crippen LogP contribution in [-0.2, 0) is 11.3 Å². The van der Waals surface area contributed by atoms with Crippen molar-refractivity contribution in [3.05, 3.63) is 34.3 Å². The number of hydrogen-bond acceptors (Lipinski definition) is 3. The van der Waals surface area contributed by atoms with Crippen molar-refractivity contribution in [2.75, 3.05) is 26.2 Å². The molecule has 1 fully saturated rings. The Hall–Kier alpha value is -1.12. The number of piperazine rings is 1. The van der Waals surface area contributed by atoms with E-state index in [0.717, 1.165) is 32.7 Å². The third kappa shape index (κ3) is 6.92. The zero-order valence-electron chi connectivity index (χ0n) is 11.2. The number of benzene rings is 1. The van der Waals surface area contributed by atoms with E-state index < -0.39 is 12.1 Å².